The Morgan fingerprint density at radius 2 is 1.71 bits per heavy atom. The van der Waals surface area contributed by atoms with Crippen molar-refractivity contribution in [1.82, 2.24) is 18.7 Å². The molecule has 4 N–H and O–H groups in total. The predicted molar refractivity (Wildman–Crippen MR) is 221 cm³/mol. The van der Waals surface area contributed by atoms with Crippen molar-refractivity contribution in [2.24, 2.45) is 10.8 Å². The summed E-state index contributed by atoms with van der Waals surface area (Å²) in [5.41, 5.74) is 9.93. The van der Waals surface area contributed by atoms with Gasteiger partial charge in [-0.15, -0.1) is 0 Å². The summed E-state index contributed by atoms with van der Waals surface area (Å²) >= 11 is 0. The highest BCUT2D eigenvalue weighted by Gasteiger charge is 2.67. The number of rotatable bonds is 10. The minimum Gasteiger partial charge on any atom is -0.414 e. The van der Waals surface area contributed by atoms with Crippen LogP contribution in [0.25, 0.3) is 10.4 Å². The molecule has 0 amide bonds. The number of hydrogen-bond donors (Lipinski definition) is 3. The van der Waals surface area contributed by atoms with Gasteiger partial charge in [-0.3, -0.25) is 23.7 Å². The van der Waals surface area contributed by atoms with Crippen molar-refractivity contribution in [2.75, 3.05) is 13.2 Å². The number of aliphatic hydroxyl groups excluding tert-OH is 1. The molecule has 7 atom stereocenters. The Morgan fingerprint density at radius 3 is 2.27 bits per heavy atom. The molecular weight excluding hydrogens is 825 g/mol. The predicted octanol–water partition coefficient (Wildman–Crippen LogP) is 2.39. The molecule has 2 aromatic rings. The normalized spacial score (nSPS) is 27.0. The van der Waals surface area contributed by atoms with E-state index in [0.29, 0.717) is 0 Å². The zero-order valence-corrected chi connectivity index (χ0v) is 37.9. The highest BCUT2D eigenvalue weighted by atomic mass is 32.2. The van der Waals surface area contributed by atoms with Crippen molar-refractivity contribution in [2.45, 2.75) is 140 Å². The lowest BCUT2D eigenvalue weighted by Crippen LogP contribution is -2.59. The number of nitrogens with two attached hydrogens (primary N) is 1. The Bertz CT molecular complexity index is 2480. The highest BCUT2D eigenvalue weighted by Crippen LogP contribution is 2.52. The minimum atomic E-state index is -4.35. The van der Waals surface area contributed by atoms with E-state index in [1.807, 2.05) is 67.7 Å². The molecule has 0 aliphatic carbocycles. The fourth-order valence-corrected chi connectivity index (χ4v) is 10.0. The van der Waals surface area contributed by atoms with E-state index in [9.17, 15) is 32.7 Å². The molecule has 2 saturated heterocycles. The monoisotopic (exact) mass is 878 g/mol. The van der Waals surface area contributed by atoms with Crippen LogP contribution in [0, 0.1) is 18.8 Å². The van der Waals surface area contributed by atoms with Gasteiger partial charge in [-0.2, -0.15) is 8.42 Å². The van der Waals surface area contributed by atoms with Gasteiger partial charge in [0.05, 0.1) is 43.0 Å². The number of aromatic amines is 1. The molecule has 1 spiro atoms. The Hall–Kier alpha value is -4.09. The number of aliphatic hydroxyl groups is 1. The molecule has 5 rings (SSSR count). The molecule has 3 aliphatic heterocycles. The Kier molecular flexibility index (Phi) is 12.5. The maximum absolute atomic E-state index is 14.4. The van der Waals surface area contributed by atoms with Crippen molar-refractivity contribution >= 4 is 26.8 Å². The summed E-state index contributed by atoms with van der Waals surface area (Å²) in [6.45, 7) is 20.3. The highest BCUT2D eigenvalue weighted by molar-refractivity contribution is 7.90. The molecule has 59 heavy (non-hydrogen) atoms. The Morgan fingerprint density at radius 1 is 1.07 bits per heavy atom. The van der Waals surface area contributed by atoms with Crippen LogP contribution in [-0.2, 0) is 39.2 Å². The molecule has 20 nitrogen and oxygen atoms in total. The van der Waals surface area contributed by atoms with Gasteiger partial charge in [0.15, 0.2) is 28.5 Å². The standard InChI is InChI=1S/C36H54N8O12SSi2/c1-21-16-44(33(49)42(30(21)47)14-12-13-22-17-43(32(48)39-29(22)46)27-15-23(40-41-38)24(18-45)53-27)31-28(55-59(10,11)35(5,6)7)36(25(37)20-57(50,51)56-36)26(54-31)19-52-58(8,9)34(2,3)4/h16-17,20,23-24,26-28,31,45H,14-15,18-19,37H2,1-11H3,(H,39,46,48)/t23-,24+,26-,27+,28+,31-,36-/m1/s1. The number of aryl methyl sites for hydroxylation is 1. The SMILES string of the molecule is Cc1cn([C@@H]2O[C@H](CO[Si](C)(C)C(C)(C)C)[C@@]3(OS(=O)(=O)C=C3N)[C@H]2O[Si](C)(C)C(C)(C)C)c(=O)n(CC#Cc2cn([C@@H]3C[C@@H](N=[N+]=[N-])[C@H](CO)O3)c(=O)[nH]c2=O)c1=O. The first-order valence-electron chi connectivity index (χ1n) is 19.0. The second kappa shape index (κ2) is 16.1. The van der Waals surface area contributed by atoms with Gasteiger partial charge in [0.2, 0.25) is 0 Å². The first-order valence-corrected chi connectivity index (χ1v) is 26.3. The molecule has 2 aromatic heterocycles. The van der Waals surface area contributed by atoms with Gasteiger partial charge in [0.25, 0.3) is 21.2 Å². The third-order valence-electron chi connectivity index (χ3n) is 12.0. The van der Waals surface area contributed by atoms with Crippen molar-refractivity contribution in [3.8, 4) is 11.8 Å². The van der Waals surface area contributed by atoms with Gasteiger partial charge in [0, 0.05) is 29.3 Å². The second-order valence-electron chi connectivity index (χ2n) is 18.1. The van der Waals surface area contributed by atoms with Gasteiger partial charge >= 0.3 is 11.4 Å². The lowest BCUT2D eigenvalue weighted by atomic mass is 9.89. The fraction of sp³-hybridized carbons (Fsp3) is 0.667. The number of hydrogen-bond acceptors (Lipinski definition) is 14. The van der Waals surface area contributed by atoms with Crippen LogP contribution in [0.5, 0.6) is 0 Å². The lowest BCUT2D eigenvalue weighted by Gasteiger charge is -2.43. The van der Waals surface area contributed by atoms with Crippen molar-refractivity contribution in [3.05, 3.63) is 86.7 Å². The Balaban J connectivity index is 1.60. The average Bonchev–Trinajstić information content (AvgIpc) is 3.73. The summed E-state index contributed by atoms with van der Waals surface area (Å²) in [6.07, 6.45) is -3.36. The van der Waals surface area contributed by atoms with Crippen molar-refractivity contribution < 1.29 is 36.0 Å². The summed E-state index contributed by atoms with van der Waals surface area (Å²) < 4.78 is 61.1. The summed E-state index contributed by atoms with van der Waals surface area (Å²) in [4.78, 5) is 58.5. The third-order valence-corrected chi connectivity index (χ3v) is 22.0. The van der Waals surface area contributed by atoms with Crippen LogP contribution in [0.4, 0.5) is 0 Å². The number of nitrogens with one attached hydrogen (secondary N) is 1. The molecule has 3 aliphatic rings. The van der Waals surface area contributed by atoms with E-state index in [4.69, 9.17) is 33.8 Å². The second-order valence-corrected chi connectivity index (χ2v) is 29.0. The molecule has 2 fully saturated rings. The largest absolute Gasteiger partial charge is 0.414 e. The van der Waals surface area contributed by atoms with Crippen molar-refractivity contribution in [1.29, 1.82) is 0 Å². The molecular formula is C36H54N8O12SSi2. The van der Waals surface area contributed by atoms with Gasteiger partial charge in [0.1, 0.15) is 24.0 Å². The summed E-state index contributed by atoms with van der Waals surface area (Å²) in [7, 11) is -9.70. The number of azide groups is 1. The minimum absolute atomic E-state index is 0.0265. The zero-order valence-electron chi connectivity index (χ0n) is 35.1. The number of ether oxygens (including phenoxy) is 2. The van der Waals surface area contributed by atoms with Gasteiger partial charge in [-0.1, -0.05) is 58.5 Å². The number of nitrogens with zero attached hydrogens (tertiary/aromatic N) is 6. The van der Waals surface area contributed by atoms with Crippen LogP contribution in [0.2, 0.25) is 36.3 Å². The molecule has 5 heterocycles. The molecule has 0 radical (unpaired) electrons. The van der Waals surface area contributed by atoms with E-state index in [2.05, 4.69) is 26.9 Å². The van der Waals surface area contributed by atoms with E-state index in [1.54, 1.807) is 0 Å². The first kappa shape index (κ1) is 46.0. The molecule has 0 aromatic carbocycles. The summed E-state index contributed by atoms with van der Waals surface area (Å²) in [5, 5.41) is 13.4. The summed E-state index contributed by atoms with van der Waals surface area (Å²) in [6, 6.07) is -0.776. The lowest BCUT2D eigenvalue weighted by molar-refractivity contribution is -0.0567. The number of H-pyrrole nitrogens is 1. The van der Waals surface area contributed by atoms with Crippen LogP contribution >= 0.6 is 0 Å². The van der Waals surface area contributed by atoms with Crippen LogP contribution < -0.4 is 28.2 Å². The first-order chi connectivity index (χ1) is 27.1. The van der Waals surface area contributed by atoms with E-state index < -0.39 is 110 Å². The molecule has 0 unspecified atom stereocenters. The molecule has 0 saturated carbocycles. The topological polar surface area (TPSA) is 274 Å². The van der Waals surface area contributed by atoms with Crippen LogP contribution in [0.15, 0.2) is 47.8 Å². The fourth-order valence-electron chi connectivity index (χ4n) is 6.53. The Labute approximate surface area is 343 Å². The van der Waals surface area contributed by atoms with Crippen LogP contribution in [0.3, 0.4) is 0 Å². The molecule has 324 valence electrons. The summed E-state index contributed by atoms with van der Waals surface area (Å²) in [5.74, 6) is 5.29. The quantitative estimate of drug-likeness (QED) is 0.0774. The van der Waals surface area contributed by atoms with Crippen molar-refractivity contribution in [3.63, 3.8) is 0 Å². The average molecular weight is 879 g/mol. The van der Waals surface area contributed by atoms with E-state index >= 15 is 0 Å². The van der Waals surface area contributed by atoms with Gasteiger partial charge < -0.3 is 29.2 Å². The smallest absolute Gasteiger partial charge is 0.334 e. The number of aromatic nitrogens is 4. The van der Waals surface area contributed by atoms with Crippen LogP contribution in [-0.4, -0.2) is 92.0 Å². The molecule has 23 heteroatoms. The maximum Gasteiger partial charge on any atom is 0.334 e. The van der Waals surface area contributed by atoms with E-state index in [-0.39, 0.29) is 34.9 Å². The molecule has 0 bridgehead atoms. The van der Waals surface area contributed by atoms with E-state index in [1.165, 1.54) is 13.1 Å². The van der Waals surface area contributed by atoms with Crippen LogP contribution in [0.1, 0.15) is 71.5 Å². The third kappa shape index (κ3) is 8.74. The van der Waals surface area contributed by atoms with Gasteiger partial charge in [-0.05, 0) is 48.7 Å². The zero-order chi connectivity index (χ0) is 44.3. The maximum atomic E-state index is 14.4. The van der Waals surface area contributed by atoms with E-state index in [0.717, 1.165) is 25.3 Å². The van der Waals surface area contributed by atoms with Gasteiger partial charge in [-0.25, -0.2) is 18.3 Å².